The van der Waals surface area contributed by atoms with Crippen LogP contribution in [0.2, 0.25) is 0 Å². The standard InChI is InChI=1S/C14H15BrN2S/c1-8-5-10(6-9(2)13(8)15)14-17-11-3-4-16-7-12(11)18-14/h5-6,16H,3-4,7H2,1-2H3. The van der Waals surface area contributed by atoms with E-state index in [9.17, 15) is 0 Å². The minimum Gasteiger partial charge on any atom is -0.311 e. The first-order valence-corrected chi connectivity index (χ1v) is 7.72. The Morgan fingerprint density at radius 3 is 2.67 bits per heavy atom. The van der Waals surface area contributed by atoms with Gasteiger partial charge in [-0.1, -0.05) is 15.9 Å². The molecule has 1 aliphatic rings. The number of rotatable bonds is 1. The van der Waals surface area contributed by atoms with Gasteiger partial charge in [0.15, 0.2) is 0 Å². The number of nitrogens with one attached hydrogen (secondary N) is 1. The molecule has 0 fully saturated rings. The summed E-state index contributed by atoms with van der Waals surface area (Å²) in [4.78, 5) is 6.19. The normalized spacial score (nSPS) is 14.6. The Bertz CT molecular complexity index is 557. The third-order valence-corrected chi connectivity index (χ3v) is 5.68. The second kappa shape index (κ2) is 4.76. The first-order valence-electron chi connectivity index (χ1n) is 6.11. The van der Waals surface area contributed by atoms with Crippen LogP contribution >= 0.6 is 27.3 Å². The summed E-state index contributed by atoms with van der Waals surface area (Å²) < 4.78 is 1.20. The van der Waals surface area contributed by atoms with E-state index in [1.807, 2.05) is 11.3 Å². The summed E-state index contributed by atoms with van der Waals surface area (Å²) in [5.74, 6) is 0. The van der Waals surface area contributed by atoms with Gasteiger partial charge in [-0.3, -0.25) is 0 Å². The number of aryl methyl sites for hydroxylation is 2. The van der Waals surface area contributed by atoms with Crippen molar-refractivity contribution in [2.24, 2.45) is 0 Å². The number of aromatic nitrogens is 1. The molecule has 0 atom stereocenters. The van der Waals surface area contributed by atoms with Gasteiger partial charge in [0.05, 0.1) is 5.69 Å². The van der Waals surface area contributed by atoms with Crippen molar-refractivity contribution in [3.8, 4) is 10.6 Å². The van der Waals surface area contributed by atoms with Crippen LogP contribution in [0.15, 0.2) is 16.6 Å². The van der Waals surface area contributed by atoms with E-state index >= 15 is 0 Å². The molecular weight excluding hydrogens is 308 g/mol. The van der Waals surface area contributed by atoms with Gasteiger partial charge in [0.25, 0.3) is 0 Å². The van der Waals surface area contributed by atoms with E-state index in [1.165, 1.54) is 31.7 Å². The molecule has 2 aromatic rings. The van der Waals surface area contributed by atoms with Crippen molar-refractivity contribution in [1.82, 2.24) is 10.3 Å². The number of thiazole rings is 1. The second-order valence-corrected chi connectivity index (χ2v) is 6.62. The minimum absolute atomic E-state index is 0.974. The summed E-state index contributed by atoms with van der Waals surface area (Å²) in [6.07, 6.45) is 1.06. The molecule has 1 aromatic carbocycles. The Morgan fingerprint density at radius 2 is 2.00 bits per heavy atom. The number of fused-ring (bicyclic) bond motifs is 1. The topological polar surface area (TPSA) is 24.9 Å². The fourth-order valence-electron chi connectivity index (χ4n) is 2.32. The maximum Gasteiger partial charge on any atom is 0.123 e. The SMILES string of the molecule is Cc1cc(-c2nc3c(s2)CNCC3)cc(C)c1Br. The van der Waals surface area contributed by atoms with E-state index in [1.54, 1.807) is 0 Å². The number of hydrogen-bond donors (Lipinski definition) is 1. The van der Waals surface area contributed by atoms with E-state index < -0.39 is 0 Å². The highest BCUT2D eigenvalue weighted by Gasteiger charge is 2.16. The molecule has 0 amide bonds. The molecule has 0 aliphatic carbocycles. The van der Waals surface area contributed by atoms with Gasteiger partial charge in [-0.05, 0) is 37.1 Å². The van der Waals surface area contributed by atoms with Crippen LogP contribution in [0, 0.1) is 13.8 Å². The van der Waals surface area contributed by atoms with Crippen LogP contribution in [0.3, 0.4) is 0 Å². The smallest absolute Gasteiger partial charge is 0.123 e. The van der Waals surface area contributed by atoms with Gasteiger partial charge in [-0.15, -0.1) is 11.3 Å². The molecule has 1 aromatic heterocycles. The average Bonchev–Trinajstić information content (AvgIpc) is 2.79. The first-order chi connectivity index (χ1) is 8.65. The quantitative estimate of drug-likeness (QED) is 0.863. The third kappa shape index (κ3) is 2.13. The molecule has 2 heterocycles. The van der Waals surface area contributed by atoms with Crippen LogP contribution in [0.5, 0.6) is 0 Å². The Hall–Kier alpha value is -0.710. The number of halogens is 1. The largest absolute Gasteiger partial charge is 0.311 e. The Balaban J connectivity index is 2.07. The van der Waals surface area contributed by atoms with Gasteiger partial charge >= 0.3 is 0 Å². The molecule has 18 heavy (non-hydrogen) atoms. The first kappa shape index (κ1) is 12.3. The van der Waals surface area contributed by atoms with Crippen LogP contribution in [0.4, 0.5) is 0 Å². The highest BCUT2D eigenvalue weighted by atomic mass is 79.9. The Labute approximate surface area is 120 Å². The fraction of sp³-hybridized carbons (Fsp3) is 0.357. The zero-order valence-electron chi connectivity index (χ0n) is 10.5. The molecule has 3 rings (SSSR count). The molecule has 0 unspecified atom stereocenters. The predicted molar refractivity (Wildman–Crippen MR) is 80.1 cm³/mol. The maximum absolute atomic E-state index is 4.80. The Kier molecular flexibility index (Phi) is 3.26. The third-order valence-electron chi connectivity index (χ3n) is 3.29. The lowest BCUT2D eigenvalue weighted by Crippen LogP contribution is -2.22. The van der Waals surface area contributed by atoms with Gasteiger partial charge in [-0.2, -0.15) is 0 Å². The van der Waals surface area contributed by atoms with E-state index in [-0.39, 0.29) is 0 Å². The monoisotopic (exact) mass is 322 g/mol. The molecular formula is C14H15BrN2S. The molecule has 0 bridgehead atoms. The maximum atomic E-state index is 4.80. The fourth-order valence-corrected chi connectivity index (χ4v) is 3.61. The van der Waals surface area contributed by atoms with E-state index in [0.717, 1.165) is 24.5 Å². The van der Waals surface area contributed by atoms with Gasteiger partial charge in [0, 0.05) is 34.4 Å². The van der Waals surface area contributed by atoms with E-state index in [4.69, 9.17) is 4.98 Å². The van der Waals surface area contributed by atoms with E-state index in [2.05, 4.69) is 47.2 Å². The van der Waals surface area contributed by atoms with Gasteiger partial charge in [0.1, 0.15) is 5.01 Å². The molecule has 2 nitrogen and oxygen atoms in total. The highest BCUT2D eigenvalue weighted by Crippen LogP contribution is 2.33. The van der Waals surface area contributed by atoms with Crippen LogP contribution < -0.4 is 5.32 Å². The molecule has 4 heteroatoms. The lowest BCUT2D eigenvalue weighted by atomic mass is 10.1. The van der Waals surface area contributed by atoms with Crippen molar-refractivity contribution in [2.75, 3.05) is 6.54 Å². The van der Waals surface area contributed by atoms with Crippen molar-refractivity contribution in [3.05, 3.63) is 38.3 Å². The van der Waals surface area contributed by atoms with Crippen LogP contribution in [-0.2, 0) is 13.0 Å². The minimum atomic E-state index is 0.974. The summed E-state index contributed by atoms with van der Waals surface area (Å²) in [7, 11) is 0. The van der Waals surface area contributed by atoms with Crippen molar-refractivity contribution >= 4 is 27.3 Å². The second-order valence-electron chi connectivity index (χ2n) is 4.74. The van der Waals surface area contributed by atoms with Crippen LogP contribution in [0.1, 0.15) is 21.7 Å². The van der Waals surface area contributed by atoms with Crippen molar-refractivity contribution in [3.63, 3.8) is 0 Å². The van der Waals surface area contributed by atoms with Crippen molar-refractivity contribution in [1.29, 1.82) is 0 Å². The molecule has 0 spiro atoms. The van der Waals surface area contributed by atoms with Crippen LogP contribution in [0.25, 0.3) is 10.6 Å². The molecule has 1 aliphatic heterocycles. The molecule has 0 radical (unpaired) electrons. The summed E-state index contributed by atoms with van der Waals surface area (Å²) in [6.45, 7) is 6.29. The van der Waals surface area contributed by atoms with Crippen LogP contribution in [-0.4, -0.2) is 11.5 Å². The Morgan fingerprint density at radius 1 is 1.28 bits per heavy atom. The predicted octanol–water partition coefficient (Wildman–Crippen LogP) is 3.84. The van der Waals surface area contributed by atoms with Gasteiger partial charge in [0.2, 0.25) is 0 Å². The molecule has 1 N–H and O–H groups in total. The lowest BCUT2D eigenvalue weighted by Gasteiger charge is -2.09. The number of nitrogens with zero attached hydrogens (tertiary/aromatic N) is 1. The highest BCUT2D eigenvalue weighted by molar-refractivity contribution is 9.10. The van der Waals surface area contributed by atoms with E-state index in [0.29, 0.717) is 0 Å². The molecule has 0 saturated heterocycles. The zero-order valence-corrected chi connectivity index (χ0v) is 12.9. The van der Waals surface area contributed by atoms with Gasteiger partial charge < -0.3 is 5.32 Å². The summed E-state index contributed by atoms with van der Waals surface area (Å²) >= 11 is 5.44. The summed E-state index contributed by atoms with van der Waals surface area (Å²) in [5.41, 5.74) is 5.08. The summed E-state index contributed by atoms with van der Waals surface area (Å²) in [5, 5.41) is 4.56. The number of benzene rings is 1. The zero-order chi connectivity index (χ0) is 12.7. The molecule has 94 valence electrons. The van der Waals surface area contributed by atoms with Gasteiger partial charge in [-0.25, -0.2) is 4.98 Å². The average molecular weight is 323 g/mol. The molecule has 0 saturated carbocycles. The number of hydrogen-bond acceptors (Lipinski definition) is 3. The van der Waals surface area contributed by atoms with Crippen molar-refractivity contribution in [2.45, 2.75) is 26.8 Å². The lowest BCUT2D eigenvalue weighted by molar-refractivity contribution is 0.644. The summed E-state index contributed by atoms with van der Waals surface area (Å²) in [6, 6.07) is 4.43. The van der Waals surface area contributed by atoms with Crippen molar-refractivity contribution < 1.29 is 0 Å².